The van der Waals surface area contributed by atoms with Crippen LogP contribution >= 0.6 is 11.3 Å². The molecule has 2 N–H and O–H groups in total. The summed E-state index contributed by atoms with van der Waals surface area (Å²) in [5, 5.41) is 7.14. The van der Waals surface area contributed by atoms with Crippen molar-refractivity contribution in [2.45, 2.75) is 33.3 Å². The Balaban J connectivity index is 1.56. The largest absolute Gasteiger partial charge is 0.486 e. The Morgan fingerprint density at radius 1 is 1.35 bits per heavy atom. The molecular formula is C19H24FN3O2S. The van der Waals surface area contributed by atoms with Gasteiger partial charge in [0.25, 0.3) is 5.91 Å². The van der Waals surface area contributed by atoms with Gasteiger partial charge in [0.2, 0.25) is 0 Å². The van der Waals surface area contributed by atoms with Crippen LogP contribution in [0.25, 0.3) is 0 Å². The van der Waals surface area contributed by atoms with Crippen LogP contribution in [0, 0.1) is 18.2 Å². The third kappa shape index (κ3) is 4.80. The molecule has 1 aromatic carbocycles. The number of rotatable bonds is 6. The smallest absolute Gasteiger partial charge is 0.263 e. The molecule has 3 rings (SSSR count). The van der Waals surface area contributed by atoms with E-state index in [9.17, 15) is 9.18 Å². The summed E-state index contributed by atoms with van der Waals surface area (Å²) < 4.78 is 18.5. The Morgan fingerprint density at radius 2 is 2.04 bits per heavy atom. The molecule has 1 saturated heterocycles. The molecule has 0 radical (unpaired) electrons. The van der Waals surface area contributed by atoms with Crippen molar-refractivity contribution in [3.63, 3.8) is 0 Å². The number of halogens is 1. The van der Waals surface area contributed by atoms with Crippen LogP contribution in [-0.4, -0.2) is 30.5 Å². The second kappa shape index (κ2) is 8.14. The molecule has 26 heavy (non-hydrogen) atoms. The number of aryl methyl sites for hydroxylation is 1. The number of aromatic nitrogens is 1. The normalized spacial score (nSPS) is 16.3. The van der Waals surface area contributed by atoms with Gasteiger partial charge in [0.1, 0.15) is 28.1 Å². The first-order chi connectivity index (χ1) is 12.5. The van der Waals surface area contributed by atoms with Crippen LogP contribution in [-0.2, 0) is 6.61 Å². The molecule has 0 unspecified atom stereocenters. The van der Waals surface area contributed by atoms with Gasteiger partial charge in [0.15, 0.2) is 0 Å². The van der Waals surface area contributed by atoms with E-state index in [-0.39, 0.29) is 23.7 Å². The molecule has 2 aromatic rings. The number of ether oxygens (including phenoxy) is 1. The maximum atomic E-state index is 12.9. The van der Waals surface area contributed by atoms with Gasteiger partial charge in [-0.05, 0) is 62.5 Å². The molecule has 1 fully saturated rings. The van der Waals surface area contributed by atoms with Crippen molar-refractivity contribution < 1.29 is 13.9 Å². The van der Waals surface area contributed by atoms with Crippen molar-refractivity contribution in [1.82, 2.24) is 15.6 Å². The number of carbonyl (C=O) groups is 1. The Hall–Kier alpha value is -1.99. The zero-order valence-electron chi connectivity index (χ0n) is 15.1. The number of carbonyl (C=O) groups excluding carboxylic acids is 1. The highest BCUT2D eigenvalue weighted by Gasteiger charge is 2.27. The fourth-order valence-corrected chi connectivity index (χ4v) is 3.88. The molecule has 1 aromatic heterocycles. The minimum absolute atomic E-state index is 0.0761. The number of nitrogens with zero attached hydrogens (tertiary/aromatic N) is 1. The third-order valence-corrected chi connectivity index (χ3v) is 5.84. The van der Waals surface area contributed by atoms with E-state index in [1.54, 1.807) is 12.1 Å². The highest BCUT2D eigenvalue weighted by atomic mass is 32.1. The van der Waals surface area contributed by atoms with Gasteiger partial charge in [0.05, 0.1) is 5.69 Å². The van der Waals surface area contributed by atoms with E-state index in [1.807, 2.05) is 6.92 Å². The van der Waals surface area contributed by atoms with Crippen LogP contribution in [0.2, 0.25) is 0 Å². The average molecular weight is 377 g/mol. The Kier molecular flexibility index (Phi) is 5.88. The highest BCUT2D eigenvalue weighted by Crippen LogP contribution is 2.27. The predicted octanol–water partition coefficient (Wildman–Crippen LogP) is 3.29. The molecule has 7 heteroatoms. The maximum absolute atomic E-state index is 12.9. The number of amides is 1. The zero-order valence-corrected chi connectivity index (χ0v) is 15.9. The van der Waals surface area contributed by atoms with E-state index < -0.39 is 0 Å². The molecule has 1 aliphatic heterocycles. The zero-order chi connectivity index (χ0) is 18.6. The van der Waals surface area contributed by atoms with Crippen molar-refractivity contribution in [3.8, 4) is 5.75 Å². The van der Waals surface area contributed by atoms with Gasteiger partial charge in [-0.25, -0.2) is 9.37 Å². The Bertz CT molecular complexity index is 755. The fraction of sp³-hybridized carbons (Fsp3) is 0.474. The van der Waals surface area contributed by atoms with Gasteiger partial charge in [0, 0.05) is 6.54 Å². The van der Waals surface area contributed by atoms with Crippen LogP contribution in [0.1, 0.15) is 40.1 Å². The van der Waals surface area contributed by atoms with Gasteiger partial charge in [-0.2, -0.15) is 0 Å². The van der Waals surface area contributed by atoms with Crippen molar-refractivity contribution in [2.24, 2.45) is 5.41 Å². The highest BCUT2D eigenvalue weighted by molar-refractivity contribution is 7.13. The van der Waals surface area contributed by atoms with Gasteiger partial charge >= 0.3 is 0 Å². The third-order valence-electron chi connectivity index (χ3n) is 4.71. The molecule has 0 spiro atoms. The monoisotopic (exact) mass is 377 g/mol. The summed E-state index contributed by atoms with van der Waals surface area (Å²) in [5.41, 5.74) is 0.856. The summed E-state index contributed by atoms with van der Waals surface area (Å²) in [6, 6.07) is 5.84. The van der Waals surface area contributed by atoms with Crippen molar-refractivity contribution in [1.29, 1.82) is 0 Å². The van der Waals surface area contributed by atoms with E-state index in [4.69, 9.17) is 4.74 Å². The van der Waals surface area contributed by atoms with Crippen LogP contribution in [0.4, 0.5) is 4.39 Å². The number of benzene rings is 1. The maximum Gasteiger partial charge on any atom is 0.263 e. The first-order valence-corrected chi connectivity index (χ1v) is 9.60. The molecule has 1 amide bonds. The van der Waals surface area contributed by atoms with Gasteiger partial charge in [-0.15, -0.1) is 11.3 Å². The van der Waals surface area contributed by atoms with Crippen molar-refractivity contribution >= 4 is 17.2 Å². The summed E-state index contributed by atoms with van der Waals surface area (Å²) >= 11 is 1.34. The summed E-state index contributed by atoms with van der Waals surface area (Å²) in [7, 11) is 0. The van der Waals surface area contributed by atoms with E-state index in [0.717, 1.165) is 30.9 Å². The molecule has 2 heterocycles. The molecule has 5 nitrogen and oxygen atoms in total. The number of thiazole rings is 1. The molecular weight excluding hydrogens is 353 g/mol. The van der Waals surface area contributed by atoms with Crippen LogP contribution < -0.4 is 15.4 Å². The summed E-state index contributed by atoms with van der Waals surface area (Å²) in [5.74, 6) is 0.195. The predicted molar refractivity (Wildman–Crippen MR) is 100 cm³/mol. The lowest BCUT2D eigenvalue weighted by molar-refractivity contribution is 0.0925. The van der Waals surface area contributed by atoms with Crippen LogP contribution in [0.5, 0.6) is 5.75 Å². The lowest BCUT2D eigenvalue weighted by Crippen LogP contribution is -2.42. The summed E-state index contributed by atoms with van der Waals surface area (Å²) in [6.07, 6.45) is 2.12. The van der Waals surface area contributed by atoms with Crippen LogP contribution in [0.15, 0.2) is 24.3 Å². The van der Waals surface area contributed by atoms with Gasteiger partial charge in [-0.1, -0.05) is 6.92 Å². The minimum Gasteiger partial charge on any atom is -0.486 e. The number of hydrogen-bond donors (Lipinski definition) is 2. The minimum atomic E-state index is -0.302. The summed E-state index contributed by atoms with van der Waals surface area (Å²) in [4.78, 5) is 17.6. The van der Waals surface area contributed by atoms with Gasteiger partial charge in [-0.3, -0.25) is 4.79 Å². The van der Waals surface area contributed by atoms with Gasteiger partial charge < -0.3 is 15.4 Å². The van der Waals surface area contributed by atoms with Crippen molar-refractivity contribution in [3.05, 3.63) is 45.7 Å². The van der Waals surface area contributed by atoms with Crippen LogP contribution in [0.3, 0.4) is 0 Å². The summed E-state index contributed by atoms with van der Waals surface area (Å²) in [6.45, 7) is 6.97. The van der Waals surface area contributed by atoms with E-state index in [2.05, 4.69) is 22.5 Å². The Labute approximate surface area is 157 Å². The fourth-order valence-electron chi connectivity index (χ4n) is 2.98. The number of nitrogens with one attached hydrogen (secondary N) is 2. The topological polar surface area (TPSA) is 63.2 Å². The number of hydrogen-bond acceptors (Lipinski definition) is 5. The molecule has 0 atom stereocenters. The second-order valence-corrected chi connectivity index (χ2v) is 8.09. The van der Waals surface area contributed by atoms with Crippen molar-refractivity contribution in [2.75, 3.05) is 19.6 Å². The molecule has 140 valence electrons. The standard InChI is InChI=1S/C19H24FN3O2S/c1-13-17(18(24)22-12-19(2)7-9-21-10-8-19)26-16(23-13)11-25-15-5-3-14(20)4-6-15/h3-6,21H,7-12H2,1-2H3,(H,22,24). The average Bonchev–Trinajstić information content (AvgIpc) is 3.01. The molecule has 1 aliphatic rings. The lowest BCUT2D eigenvalue weighted by Gasteiger charge is -2.34. The second-order valence-electron chi connectivity index (χ2n) is 7.01. The molecule has 0 aliphatic carbocycles. The first-order valence-electron chi connectivity index (χ1n) is 8.79. The van der Waals surface area contributed by atoms with E-state index >= 15 is 0 Å². The quantitative estimate of drug-likeness (QED) is 0.811. The SMILES string of the molecule is Cc1nc(COc2ccc(F)cc2)sc1C(=O)NCC1(C)CCNCC1. The van der Waals surface area contributed by atoms with E-state index in [1.165, 1.54) is 23.5 Å². The molecule has 0 saturated carbocycles. The van der Waals surface area contributed by atoms with E-state index in [0.29, 0.717) is 22.9 Å². The Morgan fingerprint density at radius 3 is 2.73 bits per heavy atom. The lowest BCUT2D eigenvalue weighted by atomic mass is 9.81. The number of piperidine rings is 1. The molecule has 0 bridgehead atoms. The first kappa shape index (κ1) is 18.8.